The van der Waals surface area contributed by atoms with Gasteiger partial charge in [-0.05, 0) is 61.8 Å². The minimum Gasteiger partial charge on any atom is -0.357 e. The number of carbonyl (C=O) groups excluding carboxylic acids is 1. The van der Waals surface area contributed by atoms with E-state index < -0.39 is 0 Å². The van der Waals surface area contributed by atoms with Crippen LogP contribution in [0.25, 0.3) is 10.9 Å². The molecule has 7 heteroatoms. The molecular formula is C25H31IN4OS. The van der Waals surface area contributed by atoms with Gasteiger partial charge in [-0.3, -0.25) is 8.77 Å². The molecule has 1 fully saturated rings. The maximum absolute atomic E-state index is 11.8. The zero-order valence-electron chi connectivity index (χ0n) is 18.8. The van der Waals surface area contributed by atoms with E-state index >= 15 is 0 Å². The van der Waals surface area contributed by atoms with Gasteiger partial charge >= 0.3 is 0 Å². The molecule has 0 spiro atoms. The average Bonchev–Trinajstić information content (AvgIpc) is 3.16. The molecule has 1 amide bonds. The molecular weight excluding hydrogens is 531 g/mol. The van der Waals surface area contributed by atoms with E-state index in [0.717, 1.165) is 50.4 Å². The van der Waals surface area contributed by atoms with Gasteiger partial charge in [0, 0.05) is 73.8 Å². The number of hydrogen-bond donors (Lipinski definition) is 0. The van der Waals surface area contributed by atoms with Crippen LogP contribution in [0.1, 0.15) is 43.9 Å². The fourth-order valence-electron chi connectivity index (χ4n) is 4.73. The second-order valence-electron chi connectivity index (χ2n) is 9.18. The van der Waals surface area contributed by atoms with Crippen molar-refractivity contribution >= 4 is 53.5 Å². The molecule has 1 aliphatic rings. The van der Waals surface area contributed by atoms with Crippen molar-refractivity contribution in [3.8, 4) is 0 Å². The zero-order valence-corrected chi connectivity index (χ0v) is 21.8. The van der Waals surface area contributed by atoms with Crippen LogP contribution in [0, 0.1) is 12.3 Å². The monoisotopic (exact) mass is 562 g/mol. The predicted octanol–water partition coefficient (Wildman–Crippen LogP) is 6.24. The smallest absolute Gasteiger partial charge is 0.210 e. The first-order valence-electron chi connectivity index (χ1n) is 11.3. The van der Waals surface area contributed by atoms with Gasteiger partial charge in [-0.2, -0.15) is 0 Å². The first-order valence-corrected chi connectivity index (χ1v) is 14.6. The molecule has 1 aromatic carbocycles. The Morgan fingerprint density at radius 3 is 2.69 bits per heavy atom. The number of aromatic nitrogens is 2. The number of piperidine rings is 1. The maximum atomic E-state index is 11.8. The largest absolute Gasteiger partial charge is 0.357 e. The molecule has 0 bridgehead atoms. The minimum atomic E-state index is 0.336. The summed E-state index contributed by atoms with van der Waals surface area (Å²) < 4.78 is 2.17. The quantitative estimate of drug-likeness (QED) is 0.229. The molecule has 3 aromatic rings. The van der Waals surface area contributed by atoms with Gasteiger partial charge in [-0.15, -0.1) is 0 Å². The first-order chi connectivity index (χ1) is 15.5. The van der Waals surface area contributed by atoms with Crippen LogP contribution in [0.3, 0.4) is 0 Å². The van der Waals surface area contributed by atoms with E-state index in [-0.39, 0.29) is 0 Å². The fourth-order valence-corrected chi connectivity index (χ4v) is 6.11. The molecule has 0 saturated carbocycles. The number of nitrogens with zero attached hydrogens (tertiary/aromatic N) is 4. The van der Waals surface area contributed by atoms with E-state index in [1.807, 2.05) is 4.90 Å². The third-order valence-corrected chi connectivity index (χ3v) is 8.48. The Hall–Kier alpha value is -1.74. The summed E-state index contributed by atoms with van der Waals surface area (Å²) >= 11 is 2.30. The molecule has 170 valence electrons. The average molecular weight is 563 g/mol. The molecule has 1 saturated heterocycles. The lowest BCUT2D eigenvalue weighted by Gasteiger charge is -2.40. The van der Waals surface area contributed by atoms with Gasteiger partial charge in [0.2, 0.25) is 6.41 Å². The van der Waals surface area contributed by atoms with Crippen LogP contribution in [0.5, 0.6) is 0 Å². The van der Waals surface area contributed by atoms with Crippen molar-refractivity contribution in [2.45, 2.75) is 46.1 Å². The van der Waals surface area contributed by atoms with Crippen LogP contribution in [-0.4, -0.2) is 39.9 Å². The minimum absolute atomic E-state index is 0.336. The van der Waals surface area contributed by atoms with Gasteiger partial charge in [0.15, 0.2) is 0 Å². The number of fused-ring (bicyclic) bond motifs is 1. The molecule has 3 heterocycles. The summed E-state index contributed by atoms with van der Waals surface area (Å²) in [7, 11) is 1.66. The van der Waals surface area contributed by atoms with Gasteiger partial charge in [0.05, 0.1) is 5.52 Å². The predicted molar refractivity (Wildman–Crippen MR) is 143 cm³/mol. The van der Waals surface area contributed by atoms with Gasteiger partial charge in [-0.25, -0.2) is 4.98 Å². The molecule has 4 rings (SSSR count). The highest BCUT2D eigenvalue weighted by molar-refractivity contribution is 14.2. The molecule has 32 heavy (non-hydrogen) atoms. The molecule has 0 N–H and O–H groups in total. The Bertz CT molecular complexity index is 1060. The van der Waals surface area contributed by atoms with Crippen molar-refractivity contribution in [2.75, 3.05) is 24.5 Å². The summed E-state index contributed by atoms with van der Waals surface area (Å²) in [5.74, 6) is 1.10. The number of anilines is 1. The molecule has 0 unspecified atom stereocenters. The number of benzene rings is 1. The Morgan fingerprint density at radius 1 is 1.19 bits per heavy atom. The van der Waals surface area contributed by atoms with Crippen molar-refractivity contribution in [2.24, 2.45) is 5.41 Å². The molecule has 0 radical (unpaired) electrons. The van der Waals surface area contributed by atoms with Gasteiger partial charge in [0.25, 0.3) is 0 Å². The summed E-state index contributed by atoms with van der Waals surface area (Å²) in [5.41, 5.74) is 3.82. The second kappa shape index (κ2) is 10.5. The highest BCUT2D eigenvalue weighted by Crippen LogP contribution is 2.37. The normalized spacial score (nSPS) is 15.8. The number of aryl methyl sites for hydroxylation is 1. The van der Waals surface area contributed by atoms with Crippen molar-refractivity contribution in [1.82, 2.24) is 13.9 Å². The van der Waals surface area contributed by atoms with E-state index in [2.05, 4.69) is 97.6 Å². The maximum Gasteiger partial charge on any atom is 0.210 e. The first kappa shape index (κ1) is 23.4. The lowest BCUT2D eigenvalue weighted by Crippen LogP contribution is -2.39. The van der Waals surface area contributed by atoms with E-state index in [1.165, 1.54) is 29.3 Å². The van der Waals surface area contributed by atoms with Crippen LogP contribution < -0.4 is 4.90 Å². The molecule has 2 aromatic heterocycles. The van der Waals surface area contributed by atoms with E-state index in [9.17, 15) is 4.79 Å². The Kier molecular flexibility index (Phi) is 7.66. The van der Waals surface area contributed by atoms with Crippen LogP contribution in [0.15, 0.2) is 48.7 Å². The van der Waals surface area contributed by atoms with Gasteiger partial charge < -0.3 is 9.80 Å². The Labute approximate surface area is 207 Å². The van der Waals surface area contributed by atoms with Gasteiger partial charge in [0.1, 0.15) is 5.82 Å². The Morgan fingerprint density at radius 2 is 1.97 bits per heavy atom. The number of pyridine rings is 1. The highest BCUT2D eigenvalue weighted by atomic mass is 127. The zero-order chi connectivity index (χ0) is 22.6. The second-order valence-corrected chi connectivity index (χ2v) is 10.9. The van der Waals surface area contributed by atoms with Crippen molar-refractivity contribution < 1.29 is 4.79 Å². The van der Waals surface area contributed by atoms with Crippen LogP contribution in [0.2, 0.25) is 0 Å². The third kappa shape index (κ3) is 5.42. The van der Waals surface area contributed by atoms with Crippen LogP contribution in [0.4, 0.5) is 5.82 Å². The van der Waals surface area contributed by atoms with Crippen molar-refractivity contribution in [3.05, 3.63) is 59.9 Å². The molecule has 0 aliphatic carbocycles. The van der Waals surface area contributed by atoms with E-state index in [1.54, 1.807) is 9.12 Å². The topological polar surface area (TPSA) is 41.4 Å². The van der Waals surface area contributed by atoms with Crippen molar-refractivity contribution in [3.63, 3.8) is 0 Å². The summed E-state index contributed by atoms with van der Waals surface area (Å²) in [5, 5.41) is 1.23. The third-order valence-electron chi connectivity index (χ3n) is 6.75. The van der Waals surface area contributed by atoms with Gasteiger partial charge in [-0.1, -0.05) is 31.2 Å². The number of para-hydroxylation sites is 1. The molecule has 1 aliphatic heterocycles. The lowest BCUT2D eigenvalue weighted by molar-refractivity contribution is -0.118. The van der Waals surface area contributed by atoms with Crippen LogP contribution in [-0.2, 0) is 11.3 Å². The lowest BCUT2D eigenvalue weighted by atomic mass is 9.76. The molecule has 5 nitrogen and oxygen atoms in total. The van der Waals surface area contributed by atoms with Crippen LogP contribution >= 0.6 is 30.3 Å². The standard InChI is InChI=1S/C25H31IN4OS/c1-20-7-5-10-24(27-20)29-15-12-25(2,13-16-29)11-6-14-28(19-31)17-21-18-30(32-26)23-9-4-3-8-22(21)23/h3-5,7-10,18-19H,6,11-17H2,1-2H3. The van der Waals surface area contributed by atoms with E-state index in [0.29, 0.717) is 12.0 Å². The highest BCUT2D eigenvalue weighted by Gasteiger charge is 2.30. The Balaban J connectivity index is 1.30. The number of halogens is 1. The van der Waals surface area contributed by atoms with Crippen molar-refractivity contribution in [1.29, 1.82) is 0 Å². The summed E-state index contributed by atoms with van der Waals surface area (Å²) in [6.45, 7) is 8.03. The number of carbonyl (C=O) groups is 1. The summed E-state index contributed by atoms with van der Waals surface area (Å²) in [4.78, 5) is 20.8. The fraction of sp³-hybridized carbons (Fsp3) is 0.440. The van der Waals surface area contributed by atoms with E-state index in [4.69, 9.17) is 0 Å². The summed E-state index contributed by atoms with van der Waals surface area (Å²) in [6, 6.07) is 14.7. The number of amides is 1. The summed E-state index contributed by atoms with van der Waals surface area (Å²) in [6.07, 6.45) is 7.70. The molecule has 0 atom stereocenters. The number of hydrogen-bond acceptors (Lipinski definition) is 4. The SMILES string of the molecule is Cc1cccc(N2CCC(C)(CCCN(C=O)Cc3cn(SI)c4ccccc34)CC2)n1. The number of rotatable bonds is 9.